The Hall–Kier alpha value is -2.18. The molecule has 2 aliphatic heterocycles. The molecule has 2 aliphatic rings. The number of hydrogen-bond donors (Lipinski definition) is 1. The second-order valence-corrected chi connectivity index (χ2v) is 6.71. The van der Waals surface area contributed by atoms with Gasteiger partial charge in [-0.3, -0.25) is 9.59 Å². The van der Waals surface area contributed by atoms with Crippen LogP contribution in [0.4, 0.5) is 0 Å². The van der Waals surface area contributed by atoms with Gasteiger partial charge in [-0.25, -0.2) is 10.4 Å². The lowest BCUT2D eigenvalue weighted by Gasteiger charge is -2.26. The second-order valence-electron chi connectivity index (χ2n) is 6.71. The zero-order chi connectivity index (χ0) is 15.9. The molecule has 0 bridgehead atoms. The van der Waals surface area contributed by atoms with Crippen molar-refractivity contribution in [3.8, 4) is 0 Å². The van der Waals surface area contributed by atoms with Gasteiger partial charge in [-0.1, -0.05) is 20.8 Å². The number of hydrazone groups is 1. The molecule has 7 heteroatoms. The van der Waals surface area contributed by atoms with Gasteiger partial charge >= 0.3 is 0 Å². The number of rotatable bonds is 1. The van der Waals surface area contributed by atoms with Crippen LogP contribution in [0.1, 0.15) is 51.0 Å². The molecule has 0 fully saturated rings. The van der Waals surface area contributed by atoms with Crippen molar-refractivity contribution < 1.29 is 14.0 Å². The summed E-state index contributed by atoms with van der Waals surface area (Å²) < 4.78 is 5.82. The molecular weight excluding hydrogens is 284 g/mol. The summed E-state index contributed by atoms with van der Waals surface area (Å²) in [5.74, 6) is 1.29. The molecule has 118 valence electrons. The molecule has 3 heterocycles. The Kier molecular flexibility index (Phi) is 3.50. The third-order valence-corrected chi connectivity index (χ3v) is 3.81. The monoisotopic (exact) mass is 304 g/mol. The van der Waals surface area contributed by atoms with Gasteiger partial charge in [-0.15, -0.1) is 0 Å². The highest BCUT2D eigenvalue weighted by Crippen LogP contribution is 2.27. The molecule has 0 saturated heterocycles. The van der Waals surface area contributed by atoms with E-state index in [4.69, 9.17) is 4.42 Å². The van der Waals surface area contributed by atoms with E-state index < -0.39 is 0 Å². The molecule has 0 saturated carbocycles. The van der Waals surface area contributed by atoms with Gasteiger partial charge in [-0.05, 0) is 0 Å². The van der Waals surface area contributed by atoms with Gasteiger partial charge in [0.1, 0.15) is 17.2 Å². The highest BCUT2D eigenvalue weighted by atomic mass is 16.4. The predicted molar refractivity (Wildman–Crippen MR) is 79.1 cm³/mol. The molecule has 0 spiro atoms. The van der Waals surface area contributed by atoms with Gasteiger partial charge in [0.05, 0.1) is 6.54 Å². The molecule has 1 N–H and O–H groups in total. The van der Waals surface area contributed by atoms with Crippen molar-refractivity contribution in [2.45, 2.75) is 52.0 Å². The van der Waals surface area contributed by atoms with Crippen LogP contribution in [0.2, 0.25) is 0 Å². The van der Waals surface area contributed by atoms with Crippen LogP contribution in [0.5, 0.6) is 0 Å². The Balaban J connectivity index is 1.75. The Morgan fingerprint density at radius 3 is 2.68 bits per heavy atom. The highest BCUT2D eigenvalue weighted by Gasteiger charge is 2.31. The first kappa shape index (κ1) is 14.7. The van der Waals surface area contributed by atoms with Gasteiger partial charge in [0.2, 0.25) is 5.91 Å². The minimum absolute atomic E-state index is 0.133. The van der Waals surface area contributed by atoms with Crippen LogP contribution in [0.25, 0.3) is 0 Å². The molecule has 1 aromatic heterocycles. The first-order valence-corrected chi connectivity index (χ1v) is 7.48. The fourth-order valence-corrected chi connectivity index (χ4v) is 2.50. The van der Waals surface area contributed by atoms with Crippen LogP contribution in [0.15, 0.2) is 9.52 Å². The maximum atomic E-state index is 12.5. The van der Waals surface area contributed by atoms with Gasteiger partial charge < -0.3 is 9.32 Å². The van der Waals surface area contributed by atoms with E-state index in [1.807, 2.05) is 20.8 Å². The summed E-state index contributed by atoms with van der Waals surface area (Å²) in [4.78, 5) is 29.8. The molecule has 1 aromatic rings. The third-order valence-electron chi connectivity index (χ3n) is 3.81. The molecule has 0 aliphatic carbocycles. The summed E-state index contributed by atoms with van der Waals surface area (Å²) in [6.45, 7) is 7.16. The van der Waals surface area contributed by atoms with E-state index in [-0.39, 0.29) is 17.2 Å². The topological polar surface area (TPSA) is 87.8 Å². The van der Waals surface area contributed by atoms with Crippen molar-refractivity contribution >= 4 is 17.5 Å². The van der Waals surface area contributed by atoms with Crippen molar-refractivity contribution in [1.82, 2.24) is 15.3 Å². The van der Waals surface area contributed by atoms with Crippen LogP contribution >= 0.6 is 0 Å². The van der Waals surface area contributed by atoms with Crippen LogP contribution in [-0.4, -0.2) is 34.0 Å². The third kappa shape index (κ3) is 2.75. The van der Waals surface area contributed by atoms with E-state index in [0.29, 0.717) is 44.0 Å². The Morgan fingerprint density at radius 2 is 2.05 bits per heavy atom. The van der Waals surface area contributed by atoms with Gasteiger partial charge in [0.15, 0.2) is 5.89 Å². The number of oxazole rings is 1. The predicted octanol–water partition coefficient (Wildman–Crippen LogP) is 1.12. The van der Waals surface area contributed by atoms with Gasteiger partial charge in [-0.2, -0.15) is 5.10 Å². The summed E-state index contributed by atoms with van der Waals surface area (Å²) >= 11 is 0. The minimum atomic E-state index is -0.149. The van der Waals surface area contributed by atoms with Crippen molar-refractivity contribution in [2.24, 2.45) is 5.10 Å². The molecule has 3 rings (SSSR count). The Morgan fingerprint density at radius 1 is 1.27 bits per heavy atom. The summed E-state index contributed by atoms with van der Waals surface area (Å²) in [5.41, 5.74) is 3.44. The van der Waals surface area contributed by atoms with E-state index in [2.05, 4.69) is 15.5 Å². The average Bonchev–Trinajstić information content (AvgIpc) is 2.90. The quantitative estimate of drug-likeness (QED) is 0.842. The van der Waals surface area contributed by atoms with Gasteiger partial charge in [0.25, 0.3) is 5.91 Å². The number of aromatic nitrogens is 1. The summed E-state index contributed by atoms with van der Waals surface area (Å²) in [6.07, 6.45) is 1.35. The lowest BCUT2D eigenvalue weighted by molar-refractivity contribution is -0.125. The SMILES string of the molecule is CC(C)(C)c1nc2c(o1)CCN(C(=O)C1=NNC(=O)CC1)C2. The molecule has 22 heavy (non-hydrogen) atoms. The maximum Gasteiger partial charge on any atom is 0.270 e. The number of nitrogens with one attached hydrogen (secondary N) is 1. The lowest BCUT2D eigenvalue weighted by atomic mass is 9.97. The molecule has 0 aromatic carbocycles. The first-order chi connectivity index (χ1) is 10.3. The second kappa shape index (κ2) is 5.23. The van der Waals surface area contributed by atoms with Crippen molar-refractivity contribution in [3.63, 3.8) is 0 Å². The summed E-state index contributed by atoms with van der Waals surface area (Å²) in [5, 5.41) is 3.87. The largest absolute Gasteiger partial charge is 0.445 e. The number of carbonyl (C=O) groups is 2. The van der Waals surface area contributed by atoms with E-state index in [1.165, 1.54) is 0 Å². The summed E-state index contributed by atoms with van der Waals surface area (Å²) in [6, 6.07) is 0. The van der Waals surface area contributed by atoms with Crippen molar-refractivity contribution in [1.29, 1.82) is 0 Å². The lowest BCUT2D eigenvalue weighted by Crippen LogP contribution is -2.42. The molecular formula is C15H20N4O3. The van der Waals surface area contributed by atoms with E-state index in [0.717, 1.165) is 11.5 Å². The molecule has 0 radical (unpaired) electrons. The zero-order valence-corrected chi connectivity index (χ0v) is 13.1. The van der Waals surface area contributed by atoms with Crippen LogP contribution in [0, 0.1) is 0 Å². The van der Waals surface area contributed by atoms with Crippen LogP contribution in [0.3, 0.4) is 0 Å². The number of hydrogen-bond acceptors (Lipinski definition) is 5. The zero-order valence-electron chi connectivity index (χ0n) is 13.1. The Labute approximate surface area is 128 Å². The summed E-state index contributed by atoms with van der Waals surface area (Å²) in [7, 11) is 0. The average molecular weight is 304 g/mol. The smallest absolute Gasteiger partial charge is 0.270 e. The molecule has 0 unspecified atom stereocenters. The first-order valence-electron chi connectivity index (χ1n) is 7.48. The standard InChI is InChI=1S/C15H20N4O3/c1-15(2,3)14-16-10-8-19(7-6-11(10)22-14)13(21)9-4-5-12(20)18-17-9/h4-8H2,1-3H3,(H,18,20). The number of carbonyl (C=O) groups excluding carboxylic acids is 2. The number of amides is 2. The van der Waals surface area contributed by atoms with Gasteiger partial charge in [0, 0.05) is 31.2 Å². The maximum absolute atomic E-state index is 12.5. The van der Waals surface area contributed by atoms with E-state index in [1.54, 1.807) is 4.90 Å². The van der Waals surface area contributed by atoms with E-state index >= 15 is 0 Å². The fourth-order valence-electron chi connectivity index (χ4n) is 2.50. The fraction of sp³-hybridized carbons (Fsp3) is 0.600. The van der Waals surface area contributed by atoms with Crippen LogP contribution in [-0.2, 0) is 28.0 Å². The Bertz CT molecular complexity index is 654. The van der Waals surface area contributed by atoms with Crippen LogP contribution < -0.4 is 5.43 Å². The number of fused-ring (bicyclic) bond motifs is 1. The molecule has 0 atom stereocenters. The highest BCUT2D eigenvalue weighted by molar-refractivity contribution is 6.39. The molecule has 2 amide bonds. The van der Waals surface area contributed by atoms with Crippen molar-refractivity contribution in [3.05, 3.63) is 17.3 Å². The molecule has 7 nitrogen and oxygen atoms in total. The number of nitrogens with zero attached hydrogens (tertiary/aromatic N) is 3. The minimum Gasteiger partial charge on any atom is -0.445 e. The normalized spacial score (nSPS) is 18.6. The van der Waals surface area contributed by atoms with E-state index in [9.17, 15) is 9.59 Å². The van der Waals surface area contributed by atoms with Crippen molar-refractivity contribution in [2.75, 3.05) is 6.54 Å².